The first-order valence-corrected chi connectivity index (χ1v) is 8.94. The summed E-state index contributed by atoms with van der Waals surface area (Å²) < 4.78 is 4.74. The quantitative estimate of drug-likeness (QED) is 0.815. The molecule has 2 atom stereocenters. The van der Waals surface area contributed by atoms with E-state index >= 15 is 0 Å². The van der Waals surface area contributed by atoms with Gasteiger partial charge in [0.25, 0.3) is 0 Å². The molecule has 1 aliphatic carbocycles. The van der Waals surface area contributed by atoms with E-state index in [4.69, 9.17) is 4.74 Å². The van der Waals surface area contributed by atoms with Crippen molar-refractivity contribution in [3.05, 3.63) is 41.5 Å². The van der Waals surface area contributed by atoms with Crippen LogP contribution < -0.4 is 5.32 Å². The molecule has 1 saturated carbocycles. The van der Waals surface area contributed by atoms with Gasteiger partial charge in [-0.2, -0.15) is 0 Å². The third kappa shape index (κ3) is 4.68. The number of hydrogen-bond donors (Lipinski definition) is 1. The lowest BCUT2D eigenvalue weighted by atomic mass is 10.0. The molecule has 1 heterocycles. The molecule has 1 N–H and O–H groups in total. The van der Waals surface area contributed by atoms with Gasteiger partial charge < -0.3 is 10.1 Å². The molecule has 2 aliphatic rings. The van der Waals surface area contributed by atoms with Gasteiger partial charge in [0.05, 0.1) is 13.7 Å². The molecule has 0 bridgehead atoms. The molecule has 1 saturated heterocycles. The average Bonchev–Trinajstić information content (AvgIpc) is 3.37. The smallest absolute Gasteiger partial charge is 0.319 e. The van der Waals surface area contributed by atoms with Gasteiger partial charge >= 0.3 is 5.97 Å². The molecule has 130 valence electrons. The topological polar surface area (TPSA) is 41.6 Å². The molecule has 0 amide bonds. The van der Waals surface area contributed by atoms with Gasteiger partial charge in [0.2, 0.25) is 0 Å². The van der Waals surface area contributed by atoms with E-state index in [1.54, 1.807) is 0 Å². The van der Waals surface area contributed by atoms with Gasteiger partial charge in [-0.3, -0.25) is 9.69 Å². The fourth-order valence-corrected chi connectivity index (χ4v) is 3.61. The van der Waals surface area contributed by atoms with Gasteiger partial charge in [-0.15, -0.1) is 0 Å². The van der Waals surface area contributed by atoms with Gasteiger partial charge in [-0.25, -0.2) is 0 Å². The van der Waals surface area contributed by atoms with Crippen LogP contribution in [0.3, 0.4) is 0 Å². The van der Waals surface area contributed by atoms with Crippen LogP contribution in [0.2, 0.25) is 0 Å². The van der Waals surface area contributed by atoms with Gasteiger partial charge in [0.1, 0.15) is 0 Å². The Kier molecular flexibility index (Phi) is 5.69. The highest BCUT2D eigenvalue weighted by atomic mass is 16.5. The van der Waals surface area contributed by atoms with Gasteiger partial charge in [0.15, 0.2) is 0 Å². The lowest BCUT2D eigenvalue weighted by Gasteiger charge is -2.31. The number of likely N-dealkylation sites (tertiary alicyclic amines) is 1. The van der Waals surface area contributed by atoms with E-state index < -0.39 is 0 Å². The third-order valence-corrected chi connectivity index (χ3v) is 5.19. The molecule has 4 nitrogen and oxygen atoms in total. The maximum atomic E-state index is 11.3. The number of benzene rings is 1. The lowest BCUT2D eigenvalue weighted by molar-refractivity contribution is -0.142. The Labute approximate surface area is 144 Å². The number of rotatable bonds is 6. The van der Waals surface area contributed by atoms with Crippen LogP contribution in [-0.2, 0) is 9.53 Å². The molecule has 0 aromatic heterocycles. The highest BCUT2D eigenvalue weighted by Crippen LogP contribution is 2.38. The molecule has 0 radical (unpaired) electrons. The van der Waals surface area contributed by atoms with Crippen LogP contribution >= 0.6 is 0 Å². The minimum Gasteiger partial charge on any atom is -0.468 e. The minimum atomic E-state index is -0.134. The zero-order valence-corrected chi connectivity index (χ0v) is 14.7. The zero-order valence-electron chi connectivity index (χ0n) is 14.7. The van der Waals surface area contributed by atoms with Crippen molar-refractivity contribution in [1.82, 2.24) is 10.2 Å². The molecule has 1 unspecified atom stereocenters. The van der Waals surface area contributed by atoms with Crippen molar-refractivity contribution >= 4 is 12.0 Å². The molecule has 0 spiro atoms. The van der Waals surface area contributed by atoms with Gasteiger partial charge in [0, 0.05) is 25.2 Å². The molecule has 2 fully saturated rings. The number of hydrogen-bond acceptors (Lipinski definition) is 4. The van der Waals surface area contributed by atoms with Crippen molar-refractivity contribution in [2.45, 2.75) is 38.3 Å². The van der Waals surface area contributed by atoms with E-state index in [9.17, 15) is 4.79 Å². The molecule has 4 heteroatoms. The van der Waals surface area contributed by atoms with Gasteiger partial charge in [-0.1, -0.05) is 42.0 Å². The van der Waals surface area contributed by atoms with Crippen molar-refractivity contribution in [1.29, 1.82) is 0 Å². The SMILES string of the molecule is COC(=O)CN1CCC(N[C@H]2CC2C(C)=Cc2ccccc2)CC1. The normalized spacial score (nSPS) is 25.5. The van der Waals surface area contributed by atoms with Crippen LogP contribution in [0.5, 0.6) is 0 Å². The Bertz CT molecular complexity index is 577. The molecule has 1 aliphatic heterocycles. The van der Waals surface area contributed by atoms with Crippen molar-refractivity contribution < 1.29 is 9.53 Å². The number of esters is 1. The second kappa shape index (κ2) is 7.95. The van der Waals surface area contributed by atoms with Crippen LogP contribution in [0, 0.1) is 5.92 Å². The van der Waals surface area contributed by atoms with E-state index in [0.717, 1.165) is 25.9 Å². The summed E-state index contributed by atoms with van der Waals surface area (Å²) in [5, 5.41) is 3.81. The summed E-state index contributed by atoms with van der Waals surface area (Å²) in [7, 11) is 1.45. The van der Waals surface area contributed by atoms with Crippen LogP contribution in [0.15, 0.2) is 35.9 Å². The number of piperidine rings is 1. The Morgan fingerprint density at radius 3 is 2.67 bits per heavy atom. The van der Waals surface area contributed by atoms with E-state index in [0.29, 0.717) is 24.5 Å². The van der Waals surface area contributed by atoms with Crippen molar-refractivity contribution in [2.24, 2.45) is 5.92 Å². The standard InChI is InChI=1S/C20H28N2O2/c1-15(12-16-6-4-3-5-7-16)18-13-19(18)21-17-8-10-22(11-9-17)14-20(23)24-2/h3-7,12,17-19,21H,8-11,13-14H2,1-2H3/t18?,19-/m0/s1. The molecular weight excluding hydrogens is 300 g/mol. The maximum absolute atomic E-state index is 11.3. The Morgan fingerprint density at radius 1 is 1.29 bits per heavy atom. The second-order valence-corrected chi connectivity index (χ2v) is 7.04. The summed E-state index contributed by atoms with van der Waals surface area (Å²) in [5.74, 6) is 0.545. The summed E-state index contributed by atoms with van der Waals surface area (Å²) in [4.78, 5) is 13.5. The van der Waals surface area contributed by atoms with Gasteiger partial charge in [-0.05, 0) is 37.7 Å². The van der Waals surface area contributed by atoms with E-state index in [2.05, 4.69) is 53.5 Å². The van der Waals surface area contributed by atoms with E-state index in [1.807, 2.05) is 0 Å². The molecule has 3 rings (SSSR count). The molecule has 1 aromatic rings. The van der Waals surface area contributed by atoms with Crippen LogP contribution in [0.25, 0.3) is 6.08 Å². The number of methoxy groups -OCH3 is 1. The number of ether oxygens (including phenoxy) is 1. The summed E-state index contributed by atoms with van der Waals surface area (Å²) in [5.41, 5.74) is 2.76. The predicted molar refractivity (Wildman–Crippen MR) is 96.6 cm³/mol. The van der Waals surface area contributed by atoms with E-state index in [1.165, 1.54) is 24.7 Å². The maximum Gasteiger partial charge on any atom is 0.319 e. The Morgan fingerprint density at radius 2 is 2.00 bits per heavy atom. The first-order chi connectivity index (χ1) is 11.7. The van der Waals surface area contributed by atoms with Crippen molar-refractivity contribution in [3.8, 4) is 0 Å². The van der Waals surface area contributed by atoms with E-state index in [-0.39, 0.29) is 5.97 Å². The average molecular weight is 328 g/mol. The fraction of sp³-hybridized carbons (Fsp3) is 0.550. The summed E-state index contributed by atoms with van der Waals surface area (Å²) in [6.07, 6.45) is 5.78. The molecule has 24 heavy (non-hydrogen) atoms. The number of nitrogens with zero attached hydrogens (tertiary/aromatic N) is 1. The summed E-state index contributed by atoms with van der Waals surface area (Å²) in [6.45, 7) is 4.62. The number of nitrogens with one attached hydrogen (secondary N) is 1. The highest BCUT2D eigenvalue weighted by Gasteiger charge is 2.39. The second-order valence-electron chi connectivity index (χ2n) is 7.04. The largest absolute Gasteiger partial charge is 0.468 e. The Balaban J connectivity index is 1.41. The van der Waals surface area contributed by atoms with Crippen LogP contribution in [-0.4, -0.2) is 49.7 Å². The third-order valence-electron chi connectivity index (χ3n) is 5.19. The van der Waals surface area contributed by atoms with Crippen LogP contribution in [0.4, 0.5) is 0 Å². The number of carbonyl (C=O) groups is 1. The van der Waals surface area contributed by atoms with Crippen LogP contribution in [0.1, 0.15) is 31.7 Å². The Hall–Kier alpha value is -1.65. The fourth-order valence-electron chi connectivity index (χ4n) is 3.61. The monoisotopic (exact) mass is 328 g/mol. The lowest BCUT2D eigenvalue weighted by Crippen LogP contribution is -2.45. The number of carbonyl (C=O) groups excluding carboxylic acids is 1. The van der Waals surface area contributed by atoms with Crippen molar-refractivity contribution in [2.75, 3.05) is 26.7 Å². The first-order valence-electron chi connectivity index (χ1n) is 8.94. The highest BCUT2D eigenvalue weighted by molar-refractivity contribution is 5.71. The zero-order chi connectivity index (χ0) is 16.9. The molecular formula is C20H28N2O2. The predicted octanol–water partition coefficient (Wildman–Crippen LogP) is 2.71. The summed E-state index contributed by atoms with van der Waals surface area (Å²) in [6, 6.07) is 11.8. The van der Waals surface area contributed by atoms with Crippen molar-refractivity contribution in [3.63, 3.8) is 0 Å². The summed E-state index contributed by atoms with van der Waals surface area (Å²) >= 11 is 0. The molecule has 1 aromatic carbocycles. The first kappa shape index (κ1) is 17.2. The minimum absolute atomic E-state index is 0.134.